The minimum Gasteiger partial charge on any atom is -0.508 e. The molecule has 3 N–H and O–H groups in total. The Bertz CT molecular complexity index is 760. The molecule has 0 bridgehead atoms. The van der Waals surface area contributed by atoms with E-state index in [1.54, 1.807) is 11.0 Å². The number of phenols is 2. The maximum Gasteiger partial charge on any atom is 0.416 e. The van der Waals surface area contributed by atoms with Crippen molar-refractivity contribution >= 4 is 17.1 Å². The highest BCUT2D eigenvalue weighted by molar-refractivity contribution is 5.84. The number of nitrogens with one attached hydrogen (secondary N) is 1. The van der Waals surface area contributed by atoms with Crippen molar-refractivity contribution in [2.45, 2.75) is 19.5 Å². The molecule has 0 aromatic heterocycles. The molecular formula is C16H15F3N2O2. The summed E-state index contributed by atoms with van der Waals surface area (Å²) in [5.41, 5.74) is 1.25. The number of rotatable bonds is 2. The number of halogens is 3. The van der Waals surface area contributed by atoms with Crippen LogP contribution in [0, 0.1) is 0 Å². The van der Waals surface area contributed by atoms with Crippen LogP contribution in [0.5, 0.6) is 11.5 Å². The number of phenolic OH excluding ortho intramolecular Hbond substituents is 2. The molecule has 0 amide bonds. The van der Waals surface area contributed by atoms with E-state index in [-0.39, 0.29) is 18.2 Å². The first-order valence-corrected chi connectivity index (χ1v) is 7.08. The Morgan fingerprint density at radius 3 is 2.48 bits per heavy atom. The first-order chi connectivity index (χ1) is 10.8. The zero-order chi connectivity index (χ0) is 16.8. The quantitative estimate of drug-likeness (QED) is 0.775. The Kier molecular flexibility index (Phi) is 3.50. The summed E-state index contributed by atoms with van der Waals surface area (Å²) in [6.07, 6.45) is -3.83. The molecule has 3 rings (SSSR count). The van der Waals surface area contributed by atoms with Crippen molar-refractivity contribution in [3.8, 4) is 11.5 Å². The van der Waals surface area contributed by atoms with Crippen LogP contribution >= 0.6 is 0 Å². The van der Waals surface area contributed by atoms with E-state index in [0.717, 1.165) is 12.1 Å². The van der Waals surface area contributed by atoms with Gasteiger partial charge in [0, 0.05) is 6.07 Å². The van der Waals surface area contributed by atoms with Crippen LogP contribution in [-0.2, 0) is 12.6 Å². The number of hydrogen-bond acceptors (Lipinski definition) is 4. The van der Waals surface area contributed by atoms with Crippen molar-refractivity contribution < 1.29 is 23.4 Å². The third kappa shape index (κ3) is 2.62. The zero-order valence-corrected chi connectivity index (χ0v) is 12.3. The van der Waals surface area contributed by atoms with Crippen LogP contribution in [0.15, 0.2) is 30.3 Å². The maximum atomic E-state index is 12.8. The minimum atomic E-state index is -4.40. The number of aromatic hydroxyl groups is 2. The van der Waals surface area contributed by atoms with Gasteiger partial charge in [-0.05, 0) is 36.2 Å². The van der Waals surface area contributed by atoms with Crippen LogP contribution in [0.25, 0.3) is 0 Å². The van der Waals surface area contributed by atoms with Gasteiger partial charge in [-0.1, -0.05) is 6.92 Å². The highest BCUT2D eigenvalue weighted by atomic mass is 19.4. The highest BCUT2D eigenvalue weighted by Crippen LogP contribution is 2.44. The molecular weight excluding hydrogens is 309 g/mol. The standard InChI is InChI=1S/C16H15F3N2O2/c1-2-9-5-13(15(23)7-14(9)22)21-8-20-11-6-10(16(17,18)19)3-4-12(11)21/h3-7,20,22-23H,2,8H2,1H3. The molecule has 4 nitrogen and oxygen atoms in total. The molecule has 0 aliphatic carbocycles. The Morgan fingerprint density at radius 2 is 1.83 bits per heavy atom. The number of fused-ring (bicyclic) bond motifs is 1. The monoisotopic (exact) mass is 324 g/mol. The number of alkyl halides is 3. The summed E-state index contributed by atoms with van der Waals surface area (Å²) in [5, 5.41) is 22.7. The Labute approximate surface area is 130 Å². The van der Waals surface area contributed by atoms with Gasteiger partial charge in [0.2, 0.25) is 0 Å². The molecule has 0 radical (unpaired) electrons. The van der Waals surface area contributed by atoms with Crippen LogP contribution in [0.2, 0.25) is 0 Å². The molecule has 2 aromatic carbocycles. The lowest BCUT2D eigenvalue weighted by Crippen LogP contribution is -2.16. The SMILES string of the molecule is CCc1cc(N2CNc3cc(C(F)(F)F)ccc32)c(O)cc1O. The molecule has 1 aliphatic rings. The van der Waals surface area contributed by atoms with Gasteiger partial charge in [0.25, 0.3) is 0 Å². The van der Waals surface area contributed by atoms with Crippen LogP contribution in [-0.4, -0.2) is 16.9 Å². The van der Waals surface area contributed by atoms with Gasteiger partial charge in [0.05, 0.1) is 29.3 Å². The van der Waals surface area contributed by atoms with E-state index in [1.165, 1.54) is 12.1 Å². The molecule has 23 heavy (non-hydrogen) atoms. The highest BCUT2D eigenvalue weighted by Gasteiger charge is 2.33. The Morgan fingerprint density at radius 1 is 1.09 bits per heavy atom. The van der Waals surface area contributed by atoms with Gasteiger partial charge in [-0.15, -0.1) is 0 Å². The van der Waals surface area contributed by atoms with E-state index in [0.29, 0.717) is 29.0 Å². The van der Waals surface area contributed by atoms with E-state index < -0.39 is 11.7 Å². The maximum absolute atomic E-state index is 12.8. The van der Waals surface area contributed by atoms with E-state index in [9.17, 15) is 23.4 Å². The van der Waals surface area contributed by atoms with Crippen LogP contribution in [0.3, 0.4) is 0 Å². The smallest absolute Gasteiger partial charge is 0.416 e. The second-order valence-corrected chi connectivity index (χ2v) is 5.32. The normalized spacial score (nSPS) is 13.8. The second kappa shape index (κ2) is 5.26. The van der Waals surface area contributed by atoms with Crippen molar-refractivity contribution in [1.29, 1.82) is 0 Å². The van der Waals surface area contributed by atoms with Crippen LogP contribution < -0.4 is 10.2 Å². The molecule has 7 heteroatoms. The van der Waals surface area contributed by atoms with Gasteiger partial charge >= 0.3 is 6.18 Å². The number of anilines is 3. The molecule has 0 unspecified atom stereocenters. The van der Waals surface area contributed by atoms with Gasteiger partial charge in [-0.25, -0.2) is 0 Å². The Hall–Kier alpha value is -2.57. The van der Waals surface area contributed by atoms with Gasteiger partial charge in [-0.2, -0.15) is 13.2 Å². The molecule has 0 atom stereocenters. The van der Waals surface area contributed by atoms with Gasteiger partial charge < -0.3 is 20.4 Å². The van der Waals surface area contributed by atoms with E-state index in [2.05, 4.69) is 5.32 Å². The lowest BCUT2D eigenvalue weighted by Gasteiger charge is -2.21. The van der Waals surface area contributed by atoms with Crippen molar-refractivity contribution in [2.75, 3.05) is 16.9 Å². The largest absolute Gasteiger partial charge is 0.508 e. The predicted octanol–water partition coefficient (Wildman–Crippen LogP) is 4.20. The summed E-state index contributed by atoms with van der Waals surface area (Å²) in [5.74, 6) is -0.136. The Balaban J connectivity index is 2.04. The van der Waals surface area contributed by atoms with Crippen LogP contribution in [0.4, 0.5) is 30.2 Å². The van der Waals surface area contributed by atoms with Crippen molar-refractivity contribution in [3.63, 3.8) is 0 Å². The van der Waals surface area contributed by atoms with Gasteiger partial charge in [0.15, 0.2) is 0 Å². The molecule has 0 fully saturated rings. The lowest BCUT2D eigenvalue weighted by atomic mass is 10.1. The van der Waals surface area contributed by atoms with Crippen molar-refractivity contribution in [3.05, 3.63) is 41.5 Å². The summed E-state index contributed by atoms with van der Waals surface area (Å²) in [7, 11) is 0. The summed E-state index contributed by atoms with van der Waals surface area (Å²) in [6.45, 7) is 2.10. The fourth-order valence-corrected chi connectivity index (χ4v) is 2.66. The number of nitrogens with zero attached hydrogens (tertiary/aromatic N) is 1. The topological polar surface area (TPSA) is 55.7 Å². The molecule has 122 valence electrons. The molecule has 0 saturated heterocycles. The first kappa shape index (κ1) is 15.3. The molecule has 2 aromatic rings. The first-order valence-electron chi connectivity index (χ1n) is 7.08. The fourth-order valence-electron chi connectivity index (χ4n) is 2.66. The van der Waals surface area contributed by atoms with Crippen molar-refractivity contribution in [1.82, 2.24) is 0 Å². The second-order valence-electron chi connectivity index (χ2n) is 5.32. The lowest BCUT2D eigenvalue weighted by molar-refractivity contribution is -0.137. The molecule has 0 spiro atoms. The fraction of sp³-hybridized carbons (Fsp3) is 0.250. The number of benzene rings is 2. The van der Waals surface area contributed by atoms with Gasteiger partial charge in [-0.3, -0.25) is 0 Å². The van der Waals surface area contributed by atoms with Crippen molar-refractivity contribution in [2.24, 2.45) is 0 Å². The number of aryl methyl sites for hydroxylation is 1. The third-order valence-corrected chi connectivity index (χ3v) is 3.89. The van der Waals surface area contributed by atoms with E-state index in [4.69, 9.17) is 0 Å². The van der Waals surface area contributed by atoms with E-state index >= 15 is 0 Å². The van der Waals surface area contributed by atoms with Gasteiger partial charge in [0.1, 0.15) is 11.5 Å². The summed E-state index contributed by atoms with van der Waals surface area (Å²) in [4.78, 5) is 1.67. The zero-order valence-electron chi connectivity index (χ0n) is 12.3. The average molecular weight is 324 g/mol. The molecule has 1 aliphatic heterocycles. The minimum absolute atomic E-state index is 0.00597. The number of hydrogen-bond donors (Lipinski definition) is 3. The summed E-state index contributed by atoms with van der Waals surface area (Å²) >= 11 is 0. The summed E-state index contributed by atoms with van der Waals surface area (Å²) < 4.78 is 38.3. The average Bonchev–Trinajstić information content (AvgIpc) is 2.89. The molecule has 0 saturated carbocycles. The third-order valence-electron chi connectivity index (χ3n) is 3.89. The predicted molar refractivity (Wildman–Crippen MR) is 81.2 cm³/mol. The van der Waals surface area contributed by atoms with E-state index in [1.807, 2.05) is 6.92 Å². The van der Waals surface area contributed by atoms with Crippen LogP contribution in [0.1, 0.15) is 18.1 Å². The molecule has 1 heterocycles. The summed E-state index contributed by atoms with van der Waals surface area (Å²) in [6, 6.07) is 6.32.